The number of aliphatic hydroxyl groups excluding tert-OH is 3. The number of benzene rings is 2. The zero-order chi connectivity index (χ0) is 46.5. The third kappa shape index (κ3) is 14.0. The zero-order valence-corrected chi connectivity index (χ0v) is 38.1. The van der Waals surface area contributed by atoms with Crippen LogP contribution in [0.4, 0.5) is 9.59 Å². The maximum atomic E-state index is 13.2. The van der Waals surface area contributed by atoms with Gasteiger partial charge >= 0.3 is 12.2 Å². The molecular weight excluding hydrogens is 867 g/mol. The van der Waals surface area contributed by atoms with Crippen molar-refractivity contribution in [2.24, 2.45) is 5.92 Å². The van der Waals surface area contributed by atoms with Crippen molar-refractivity contribution in [1.82, 2.24) is 15.4 Å². The van der Waals surface area contributed by atoms with Crippen molar-refractivity contribution in [2.75, 3.05) is 12.4 Å². The van der Waals surface area contributed by atoms with Gasteiger partial charge in [0.15, 0.2) is 18.9 Å². The molecule has 360 valence electrons. The topological polar surface area (TPSA) is 239 Å². The summed E-state index contributed by atoms with van der Waals surface area (Å²) >= 11 is 0. The largest absolute Gasteiger partial charge is 0.445 e. The van der Waals surface area contributed by atoms with Crippen molar-refractivity contribution >= 4 is 22.2 Å². The highest BCUT2D eigenvalue weighted by molar-refractivity contribution is 7.89. The van der Waals surface area contributed by atoms with Crippen LogP contribution in [0.15, 0.2) is 85.0 Å². The molecule has 4 aliphatic rings. The van der Waals surface area contributed by atoms with Gasteiger partial charge in [0.05, 0.1) is 42.8 Å². The Bertz CT molecular complexity index is 1960. The van der Waals surface area contributed by atoms with E-state index in [1.54, 1.807) is 31.2 Å². The molecule has 2 fully saturated rings. The number of unbranched alkanes of at least 4 members (excludes halogenated alkanes) is 1. The van der Waals surface area contributed by atoms with Crippen molar-refractivity contribution in [2.45, 2.75) is 159 Å². The third-order valence-electron chi connectivity index (χ3n) is 11.8. The first kappa shape index (κ1) is 50.4. The van der Waals surface area contributed by atoms with Gasteiger partial charge in [0.25, 0.3) is 0 Å². The summed E-state index contributed by atoms with van der Waals surface area (Å²) in [7, 11) is -3.83. The molecule has 19 heteroatoms. The van der Waals surface area contributed by atoms with E-state index in [9.17, 15) is 33.3 Å². The number of nitrogens with one attached hydrogen (secondary N) is 3. The van der Waals surface area contributed by atoms with Crippen LogP contribution >= 0.6 is 0 Å². The van der Waals surface area contributed by atoms with Gasteiger partial charge in [-0.05, 0) is 42.7 Å². The number of hydrogen-bond donors (Lipinski definition) is 6. The first-order valence-electron chi connectivity index (χ1n) is 22.5. The van der Waals surface area contributed by atoms with Crippen molar-refractivity contribution in [3.8, 4) is 0 Å². The first-order chi connectivity index (χ1) is 31.3. The lowest BCUT2D eigenvalue weighted by Gasteiger charge is -2.46. The van der Waals surface area contributed by atoms with Crippen LogP contribution in [0.2, 0.25) is 0 Å². The second-order valence-electron chi connectivity index (χ2n) is 16.8. The van der Waals surface area contributed by atoms with Gasteiger partial charge < -0.3 is 63.8 Å². The molecule has 65 heavy (non-hydrogen) atoms. The van der Waals surface area contributed by atoms with Gasteiger partial charge in [-0.2, -0.15) is 0 Å². The van der Waals surface area contributed by atoms with E-state index in [0.717, 1.165) is 11.1 Å². The Balaban J connectivity index is 1.20. The highest BCUT2D eigenvalue weighted by atomic mass is 32.2. The Morgan fingerprint density at radius 1 is 0.692 bits per heavy atom. The van der Waals surface area contributed by atoms with E-state index in [4.69, 9.17) is 37.9 Å². The van der Waals surface area contributed by atoms with Crippen LogP contribution in [0.1, 0.15) is 70.9 Å². The van der Waals surface area contributed by atoms with Crippen LogP contribution in [-0.2, 0) is 61.1 Å². The van der Waals surface area contributed by atoms with Crippen LogP contribution in [0, 0.1) is 5.92 Å². The van der Waals surface area contributed by atoms with Crippen molar-refractivity contribution < 1.29 is 71.2 Å². The van der Waals surface area contributed by atoms with Crippen molar-refractivity contribution in [1.29, 1.82) is 0 Å². The summed E-state index contributed by atoms with van der Waals surface area (Å²) in [6.07, 6.45) is -4.80. The molecule has 0 spiro atoms. The average molecular weight is 932 g/mol. The summed E-state index contributed by atoms with van der Waals surface area (Å²) in [6.45, 7) is 6.91. The van der Waals surface area contributed by atoms with E-state index in [2.05, 4.69) is 15.4 Å². The maximum absolute atomic E-state index is 13.2. The molecule has 1 aliphatic carbocycles. The standard InChI is InChI=1S/C46H65N3O15S/c1-5-8-23-65(55,56)49-35-24-28(4)39(62-42-33(21-19-31(6-2)59-42)47-45(53)57-26-29-15-11-9-12-16-29)41(37(35)51)64-44-38(52)40(36(25-50)61-44)63-43-34(22-20-32(7-3)60-43)48-46(54)58-27-30-17-13-10-14-18-30/h9-22,28,31-44,49-52H,5-8,23-27H2,1-4H3,(H,47,53)(H,48,54). The summed E-state index contributed by atoms with van der Waals surface area (Å²) in [5.41, 5.74) is 1.58. The Hall–Kier alpha value is -3.99. The molecule has 2 amide bonds. The lowest BCUT2D eigenvalue weighted by atomic mass is 9.80. The minimum atomic E-state index is -3.83. The van der Waals surface area contributed by atoms with Gasteiger partial charge in [-0.25, -0.2) is 22.7 Å². The van der Waals surface area contributed by atoms with E-state index < -0.39 is 121 Å². The summed E-state index contributed by atoms with van der Waals surface area (Å²) in [5.74, 6) is -0.663. The molecule has 1 saturated heterocycles. The van der Waals surface area contributed by atoms with E-state index in [1.807, 2.05) is 81.4 Å². The number of sulfonamides is 1. The quantitative estimate of drug-likeness (QED) is 0.104. The van der Waals surface area contributed by atoms with Gasteiger partial charge in [0, 0.05) is 0 Å². The maximum Gasteiger partial charge on any atom is 0.408 e. The summed E-state index contributed by atoms with van der Waals surface area (Å²) in [5, 5.41) is 40.0. The first-order valence-corrected chi connectivity index (χ1v) is 24.2. The molecular formula is C46H65N3O15S. The SMILES string of the molecule is CCCCS(=O)(=O)NC1CC(C)C(OC2OC(CC)C=CC2NC(=O)OCc2ccccc2)C(OC2OC(CO)C(OC3OC(CC)C=CC3NC(=O)OCc3ccccc3)C2O)C1O. The van der Waals surface area contributed by atoms with E-state index in [0.29, 0.717) is 25.7 Å². The number of carbonyl (C=O) groups is 2. The third-order valence-corrected chi connectivity index (χ3v) is 13.3. The second kappa shape index (κ2) is 24.2. The zero-order valence-electron chi connectivity index (χ0n) is 37.3. The molecule has 6 N–H and O–H groups in total. The van der Waals surface area contributed by atoms with E-state index in [-0.39, 0.29) is 25.4 Å². The van der Waals surface area contributed by atoms with Crippen molar-refractivity contribution in [3.63, 3.8) is 0 Å². The summed E-state index contributed by atoms with van der Waals surface area (Å²) in [6, 6.07) is 15.6. The Kier molecular flexibility index (Phi) is 18.7. The van der Waals surface area contributed by atoms with Gasteiger partial charge in [-0.1, -0.05) is 119 Å². The molecule has 15 atom stereocenters. The van der Waals surface area contributed by atoms with Crippen LogP contribution in [0.3, 0.4) is 0 Å². The average Bonchev–Trinajstić information content (AvgIpc) is 3.60. The fourth-order valence-corrected chi connectivity index (χ4v) is 9.62. The number of hydrogen-bond acceptors (Lipinski definition) is 15. The van der Waals surface area contributed by atoms with E-state index in [1.165, 1.54) is 0 Å². The molecule has 2 aromatic rings. The molecule has 3 heterocycles. The van der Waals surface area contributed by atoms with Gasteiger partial charge in [0.1, 0.15) is 49.7 Å². The molecule has 6 rings (SSSR count). The molecule has 0 aromatic heterocycles. The summed E-state index contributed by atoms with van der Waals surface area (Å²) in [4.78, 5) is 26.0. The molecule has 0 bridgehead atoms. The predicted octanol–water partition coefficient (Wildman–Crippen LogP) is 3.68. The monoisotopic (exact) mass is 931 g/mol. The lowest BCUT2D eigenvalue weighted by Crippen LogP contribution is -2.63. The molecule has 0 radical (unpaired) electrons. The fourth-order valence-electron chi connectivity index (χ4n) is 8.14. The lowest BCUT2D eigenvalue weighted by molar-refractivity contribution is -0.287. The van der Waals surface area contributed by atoms with Gasteiger partial charge in [0.2, 0.25) is 10.0 Å². The van der Waals surface area contributed by atoms with Crippen molar-refractivity contribution in [3.05, 3.63) is 96.1 Å². The second-order valence-corrected chi connectivity index (χ2v) is 18.6. The Morgan fingerprint density at radius 2 is 1.20 bits per heavy atom. The smallest absolute Gasteiger partial charge is 0.408 e. The predicted molar refractivity (Wildman–Crippen MR) is 235 cm³/mol. The summed E-state index contributed by atoms with van der Waals surface area (Å²) < 4.78 is 77.9. The number of aliphatic hydroxyl groups is 3. The van der Waals surface area contributed by atoms with E-state index >= 15 is 0 Å². The van der Waals surface area contributed by atoms with Crippen LogP contribution < -0.4 is 15.4 Å². The Morgan fingerprint density at radius 3 is 1.69 bits per heavy atom. The number of carbonyl (C=O) groups excluding carboxylic acids is 2. The Labute approximate surface area is 381 Å². The molecule has 1 saturated carbocycles. The number of alkyl carbamates (subject to hydrolysis) is 2. The van der Waals surface area contributed by atoms with Gasteiger partial charge in [-0.3, -0.25) is 0 Å². The fraction of sp³-hybridized carbons (Fsp3) is 0.609. The highest BCUT2D eigenvalue weighted by Crippen LogP contribution is 2.37. The minimum Gasteiger partial charge on any atom is -0.445 e. The molecule has 3 aliphatic heterocycles. The number of amides is 2. The van der Waals surface area contributed by atoms with Crippen LogP contribution in [0.5, 0.6) is 0 Å². The molecule has 15 unspecified atom stereocenters. The highest BCUT2D eigenvalue weighted by Gasteiger charge is 2.53. The molecule has 18 nitrogen and oxygen atoms in total. The minimum absolute atomic E-state index is 0.0203. The number of rotatable bonds is 20. The number of ether oxygens (including phenoxy) is 8. The van der Waals surface area contributed by atoms with Crippen LogP contribution in [-0.4, -0.2) is 134 Å². The normalized spacial score (nSPS) is 33.6. The molecule has 2 aromatic carbocycles. The van der Waals surface area contributed by atoms with Gasteiger partial charge in [-0.15, -0.1) is 0 Å². The van der Waals surface area contributed by atoms with Crippen LogP contribution in [0.25, 0.3) is 0 Å².